The third-order valence-corrected chi connectivity index (χ3v) is 3.45. The summed E-state index contributed by atoms with van der Waals surface area (Å²) in [5.41, 5.74) is 1.33. The van der Waals surface area contributed by atoms with Crippen LogP contribution in [0, 0.1) is 5.82 Å². The highest BCUT2D eigenvalue weighted by Gasteiger charge is 2.14. The predicted molar refractivity (Wildman–Crippen MR) is 76.1 cm³/mol. The summed E-state index contributed by atoms with van der Waals surface area (Å²) in [6.07, 6.45) is 0. The van der Waals surface area contributed by atoms with Crippen LogP contribution in [0.3, 0.4) is 0 Å². The second-order valence-corrected chi connectivity index (χ2v) is 5.16. The van der Waals surface area contributed by atoms with Crippen molar-refractivity contribution in [1.82, 2.24) is 9.97 Å². The Hall–Kier alpha value is -2.21. The van der Waals surface area contributed by atoms with Crippen LogP contribution in [-0.4, -0.2) is 21.0 Å². The fraction of sp³-hybridized carbons (Fsp3) is 0. The molecule has 3 rings (SSSR count). The third-order valence-electron chi connectivity index (χ3n) is 2.92. The number of hydrogen-bond acceptors (Lipinski definition) is 2. The van der Waals surface area contributed by atoms with Crippen LogP contribution >= 0.6 is 15.9 Å². The summed E-state index contributed by atoms with van der Waals surface area (Å²) in [6, 6.07) is 9.82. The van der Waals surface area contributed by atoms with Gasteiger partial charge in [-0.2, -0.15) is 0 Å². The Morgan fingerprint density at radius 1 is 1.25 bits per heavy atom. The largest absolute Gasteiger partial charge is 0.478 e. The van der Waals surface area contributed by atoms with Gasteiger partial charge in [0, 0.05) is 16.1 Å². The molecule has 0 aliphatic carbocycles. The minimum Gasteiger partial charge on any atom is -0.478 e. The van der Waals surface area contributed by atoms with Crippen LogP contribution in [0.25, 0.3) is 22.4 Å². The van der Waals surface area contributed by atoms with Crippen LogP contribution in [-0.2, 0) is 0 Å². The van der Waals surface area contributed by atoms with Gasteiger partial charge in [-0.3, -0.25) is 0 Å². The summed E-state index contributed by atoms with van der Waals surface area (Å²) in [7, 11) is 0. The summed E-state index contributed by atoms with van der Waals surface area (Å²) in [5.74, 6) is -1.52. The van der Waals surface area contributed by atoms with E-state index in [2.05, 4.69) is 25.9 Å². The molecular formula is C14H8BrFN2O2. The van der Waals surface area contributed by atoms with Gasteiger partial charge in [0.2, 0.25) is 0 Å². The number of benzene rings is 2. The lowest BCUT2D eigenvalue weighted by molar-refractivity contribution is 0.0692. The Morgan fingerprint density at radius 3 is 2.60 bits per heavy atom. The number of nitrogens with one attached hydrogen (secondary N) is 1. The summed E-state index contributed by atoms with van der Waals surface area (Å²) in [4.78, 5) is 18.2. The second kappa shape index (κ2) is 4.72. The maximum absolute atomic E-state index is 13.6. The number of fused-ring (bicyclic) bond motifs is 1. The maximum atomic E-state index is 13.6. The Balaban J connectivity index is 2.15. The standard InChI is InChI=1S/C14H8BrFN2O2/c15-8-3-1-7(2-4-8)13-17-11-5-9(14(19)20)10(16)6-12(11)18-13/h1-6H,(H,17,18)(H,19,20). The molecule has 0 radical (unpaired) electrons. The van der Waals surface area contributed by atoms with E-state index in [1.165, 1.54) is 6.07 Å². The van der Waals surface area contributed by atoms with Crippen molar-refractivity contribution in [3.63, 3.8) is 0 Å². The zero-order valence-electron chi connectivity index (χ0n) is 10.0. The molecule has 1 aromatic heterocycles. The van der Waals surface area contributed by atoms with E-state index in [0.717, 1.165) is 16.1 Å². The molecule has 0 aliphatic heterocycles. The molecule has 0 bridgehead atoms. The number of carboxylic acid groups (broad SMARTS) is 1. The first-order valence-electron chi connectivity index (χ1n) is 5.73. The SMILES string of the molecule is O=C(O)c1cc2nc(-c3ccc(Br)cc3)[nH]c2cc1F. The molecular weight excluding hydrogens is 327 g/mol. The van der Waals surface area contributed by atoms with E-state index in [-0.39, 0.29) is 5.56 Å². The third kappa shape index (κ3) is 2.18. The number of imidazole rings is 1. The van der Waals surface area contributed by atoms with Crippen LogP contribution in [0.1, 0.15) is 10.4 Å². The van der Waals surface area contributed by atoms with E-state index in [1.54, 1.807) is 0 Å². The molecule has 3 aromatic rings. The number of aromatic carboxylic acids is 1. The summed E-state index contributed by atoms with van der Waals surface area (Å²) in [6.45, 7) is 0. The number of halogens is 2. The van der Waals surface area contributed by atoms with Crippen LogP contribution in [0.2, 0.25) is 0 Å². The van der Waals surface area contributed by atoms with Crippen molar-refractivity contribution in [2.45, 2.75) is 0 Å². The lowest BCUT2D eigenvalue weighted by Gasteiger charge is -1.96. The van der Waals surface area contributed by atoms with Crippen molar-refractivity contribution < 1.29 is 14.3 Å². The fourth-order valence-corrected chi connectivity index (χ4v) is 2.20. The maximum Gasteiger partial charge on any atom is 0.338 e. The van der Waals surface area contributed by atoms with Crippen molar-refractivity contribution in [2.75, 3.05) is 0 Å². The summed E-state index contributed by atoms with van der Waals surface area (Å²) < 4.78 is 14.5. The van der Waals surface area contributed by atoms with Crippen molar-refractivity contribution in [3.8, 4) is 11.4 Å². The van der Waals surface area contributed by atoms with Crippen LogP contribution in [0.5, 0.6) is 0 Å². The van der Waals surface area contributed by atoms with E-state index >= 15 is 0 Å². The molecule has 0 saturated heterocycles. The minimum absolute atomic E-state index is 0.383. The summed E-state index contributed by atoms with van der Waals surface area (Å²) >= 11 is 3.34. The molecule has 0 atom stereocenters. The Labute approximate surface area is 121 Å². The van der Waals surface area contributed by atoms with Gasteiger partial charge in [-0.15, -0.1) is 0 Å². The topological polar surface area (TPSA) is 66.0 Å². The molecule has 0 aliphatic rings. The zero-order valence-corrected chi connectivity index (χ0v) is 11.6. The zero-order chi connectivity index (χ0) is 14.3. The van der Waals surface area contributed by atoms with Crippen molar-refractivity contribution in [3.05, 3.63) is 52.3 Å². The molecule has 4 nitrogen and oxygen atoms in total. The molecule has 0 saturated carbocycles. The highest BCUT2D eigenvalue weighted by Crippen LogP contribution is 2.24. The molecule has 6 heteroatoms. The van der Waals surface area contributed by atoms with Crippen LogP contribution in [0.15, 0.2) is 40.9 Å². The molecule has 2 N–H and O–H groups in total. The molecule has 20 heavy (non-hydrogen) atoms. The lowest BCUT2D eigenvalue weighted by atomic mass is 10.2. The molecule has 0 spiro atoms. The Kier molecular flexibility index (Phi) is 3.02. The number of rotatable bonds is 2. The van der Waals surface area contributed by atoms with Gasteiger partial charge < -0.3 is 10.1 Å². The van der Waals surface area contributed by atoms with Gasteiger partial charge in [-0.25, -0.2) is 14.2 Å². The molecule has 1 heterocycles. The van der Waals surface area contributed by atoms with Crippen LogP contribution in [0.4, 0.5) is 4.39 Å². The van der Waals surface area contributed by atoms with E-state index in [1.807, 2.05) is 24.3 Å². The van der Waals surface area contributed by atoms with Crippen molar-refractivity contribution >= 4 is 32.9 Å². The number of nitrogens with zero attached hydrogens (tertiary/aromatic N) is 1. The number of carbonyl (C=O) groups is 1. The van der Waals surface area contributed by atoms with Gasteiger partial charge in [0.25, 0.3) is 0 Å². The van der Waals surface area contributed by atoms with Gasteiger partial charge in [-0.1, -0.05) is 28.1 Å². The number of aromatic amines is 1. The van der Waals surface area contributed by atoms with Gasteiger partial charge in [0.1, 0.15) is 11.6 Å². The number of hydrogen-bond donors (Lipinski definition) is 2. The fourth-order valence-electron chi connectivity index (χ4n) is 1.94. The first-order chi connectivity index (χ1) is 9.54. The van der Waals surface area contributed by atoms with Gasteiger partial charge in [0.05, 0.1) is 16.6 Å². The number of aromatic nitrogens is 2. The van der Waals surface area contributed by atoms with E-state index in [9.17, 15) is 9.18 Å². The Bertz CT molecular complexity index is 812. The minimum atomic E-state index is -1.31. The number of carboxylic acids is 1. The molecule has 2 aromatic carbocycles. The molecule has 0 amide bonds. The highest BCUT2D eigenvalue weighted by atomic mass is 79.9. The predicted octanol–water partition coefficient (Wildman–Crippen LogP) is 3.83. The highest BCUT2D eigenvalue weighted by molar-refractivity contribution is 9.10. The van der Waals surface area contributed by atoms with Crippen LogP contribution < -0.4 is 0 Å². The van der Waals surface area contributed by atoms with Gasteiger partial charge in [0.15, 0.2) is 0 Å². The first-order valence-corrected chi connectivity index (χ1v) is 6.52. The molecule has 0 fully saturated rings. The van der Waals surface area contributed by atoms with E-state index in [4.69, 9.17) is 5.11 Å². The van der Waals surface area contributed by atoms with Crippen molar-refractivity contribution in [2.24, 2.45) is 0 Å². The quantitative estimate of drug-likeness (QED) is 0.748. The van der Waals surface area contributed by atoms with E-state index in [0.29, 0.717) is 16.9 Å². The average molecular weight is 335 g/mol. The van der Waals surface area contributed by atoms with E-state index < -0.39 is 11.8 Å². The van der Waals surface area contributed by atoms with Gasteiger partial charge >= 0.3 is 5.97 Å². The first kappa shape index (κ1) is 12.8. The lowest BCUT2D eigenvalue weighted by Crippen LogP contribution is -1.99. The monoisotopic (exact) mass is 334 g/mol. The van der Waals surface area contributed by atoms with Crippen molar-refractivity contribution in [1.29, 1.82) is 0 Å². The Morgan fingerprint density at radius 2 is 1.95 bits per heavy atom. The molecule has 100 valence electrons. The van der Waals surface area contributed by atoms with Gasteiger partial charge in [-0.05, 0) is 18.2 Å². The molecule has 0 unspecified atom stereocenters. The smallest absolute Gasteiger partial charge is 0.338 e. The summed E-state index contributed by atoms with van der Waals surface area (Å²) in [5, 5.41) is 8.90. The number of H-pyrrole nitrogens is 1. The average Bonchev–Trinajstić information content (AvgIpc) is 2.81. The normalized spacial score (nSPS) is 10.9. The second-order valence-electron chi connectivity index (χ2n) is 4.25.